The normalized spacial score (nSPS) is 14.7. The molecule has 5 rings (SSSR count). The van der Waals surface area contributed by atoms with Crippen LogP contribution < -0.4 is 5.56 Å². The van der Waals surface area contributed by atoms with Gasteiger partial charge in [-0.05, 0) is 30.9 Å². The second-order valence-corrected chi connectivity index (χ2v) is 8.57. The van der Waals surface area contributed by atoms with Crippen LogP contribution in [0.1, 0.15) is 31.2 Å². The zero-order valence-corrected chi connectivity index (χ0v) is 18.2. The molecule has 6 heteroatoms. The molecule has 0 atom stereocenters. The van der Waals surface area contributed by atoms with Crippen molar-refractivity contribution in [2.75, 3.05) is 13.1 Å². The molecule has 0 aliphatic carbocycles. The van der Waals surface area contributed by atoms with Gasteiger partial charge < -0.3 is 9.47 Å². The summed E-state index contributed by atoms with van der Waals surface area (Å²) in [5.74, 6) is 0.0774. The number of amides is 1. The Bertz CT molecular complexity index is 1300. The third-order valence-corrected chi connectivity index (χ3v) is 6.47. The van der Waals surface area contributed by atoms with Crippen molar-refractivity contribution in [3.63, 3.8) is 0 Å². The molecular formula is C26H28N4O2. The number of likely N-dealkylation sites (tertiary alicyclic amines) is 1. The number of aryl methyl sites for hydroxylation is 2. The average Bonchev–Trinajstić information content (AvgIpc) is 2.97. The van der Waals surface area contributed by atoms with E-state index in [0.29, 0.717) is 17.6 Å². The van der Waals surface area contributed by atoms with E-state index >= 15 is 0 Å². The Hall–Kier alpha value is -3.41. The van der Waals surface area contributed by atoms with Crippen LogP contribution in [0.5, 0.6) is 0 Å². The van der Waals surface area contributed by atoms with E-state index < -0.39 is 0 Å². The lowest BCUT2D eigenvalue weighted by molar-refractivity contribution is -0.131. The summed E-state index contributed by atoms with van der Waals surface area (Å²) >= 11 is 0. The summed E-state index contributed by atoms with van der Waals surface area (Å²) in [6, 6.07) is 18.0. The molecule has 0 saturated carbocycles. The fraction of sp³-hybridized carbons (Fsp3) is 0.346. The quantitative estimate of drug-likeness (QED) is 0.483. The highest BCUT2D eigenvalue weighted by Crippen LogP contribution is 2.25. The second-order valence-electron chi connectivity index (χ2n) is 8.57. The van der Waals surface area contributed by atoms with E-state index in [4.69, 9.17) is 0 Å². The maximum Gasteiger partial charge on any atom is 0.277 e. The SMILES string of the molecule is O=C(Cn1c2ccccc2c2ncn(CCc3ccccc3)c(=O)c21)N1CCCCCC1. The van der Waals surface area contributed by atoms with E-state index in [9.17, 15) is 9.59 Å². The lowest BCUT2D eigenvalue weighted by atomic mass is 10.1. The van der Waals surface area contributed by atoms with E-state index in [-0.39, 0.29) is 18.0 Å². The van der Waals surface area contributed by atoms with Gasteiger partial charge in [0, 0.05) is 25.0 Å². The minimum atomic E-state index is -0.0919. The minimum absolute atomic E-state index is 0.0774. The average molecular weight is 429 g/mol. The molecule has 0 unspecified atom stereocenters. The molecular weight excluding hydrogens is 400 g/mol. The van der Waals surface area contributed by atoms with Gasteiger partial charge >= 0.3 is 0 Å². The van der Waals surface area contributed by atoms with Crippen LogP contribution in [0.3, 0.4) is 0 Å². The predicted octanol–water partition coefficient (Wildman–Crippen LogP) is 4.00. The van der Waals surface area contributed by atoms with Crippen LogP contribution in [-0.2, 0) is 24.3 Å². The monoisotopic (exact) mass is 428 g/mol. The van der Waals surface area contributed by atoms with Crippen LogP contribution >= 0.6 is 0 Å². The molecule has 164 valence electrons. The van der Waals surface area contributed by atoms with Crippen molar-refractivity contribution in [2.24, 2.45) is 0 Å². The van der Waals surface area contributed by atoms with Gasteiger partial charge in [-0.15, -0.1) is 0 Å². The number of carbonyl (C=O) groups is 1. The van der Waals surface area contributed by atoms with Crippen molar-refractivity contribution >= 4 is 27.8 Å². The van der Waals surface area contributed by atoms with Gasteiger partial charge in [-0.1, -0.05) is 61.4 Å². The van der Waals surface area contributed by atoms with Crippen molar-refractivity contribution in [3.8, 4) is 0 Å². The Morgan fingerprint density at radius 1 is 0.906 bits per heavy atom. The van der Waals surface area contributed by atoms with Gasteiger partial charge in [0.1, 0.15) is 17.6 Å². The van der Waals surface area contributed by atoms with Gasteiger partial charge in [0.15, 0.2) is 0 Å². The van der Waals surface area contributed by atoms with Crippen LogP contribution in [-0.4, -0.2) is 38.0 Å². The van der Waals surface area contributed by atoms with Gasteiger partial charge in [0.25, 0.3) is 5.56 Å². The molecule has 0 radical (unpaired) electrons. The molecule has 1 fully saturated rings. The highest BCUT2D eigenvalue weighted by Gasteiger charge is 2.21. The summed E-state index contributed by atoms with van der Waals surface area (Å²) in [4.78, 5) is 33.3. The maximum atomic E-state index is 13.5. The van der Waals surface area contributed by atoms with Crippen molar-refractivity contribution in [3.05, 3.63) is 76.8 Å². The first-order valence-electron chi connectivity index (χ1n) is 11.5. The third-order valence-electron chi connectivity index (χ3n) is 6.47. The van der Waals surface area contributed by atoms with Gasteiger partial charge in [0.05, 0.1) is 11.8 Å². The molecule has 0 bridgehead atoms. The van der Waals surface area contributed by atoms with Crippen LogP contribution in [0.2, 0.25) is 0 Å². The third kappa shape index (κ3) is 3.93. The summed E-state index contributed by atoms with van der Waals surface area (Å²) in [6.45, 7) is 2.32. The van der Waals surface area contributed by atoms with Crippen LogP contribution in [0.4, 0.5) is 0 Å². The summed E-state index contributed by atoms with van der Waals surface area (Å²) in [6.07, 6.45) is 6.84. The molecule has 32 heavy (non-hydrogen) atoms. The highest BCUT2D eigenvalue weighted by atomic mass is 16.2. The van der Waals surface area contributed by atoms with E-state index in [1.54, 1.807) is 10.9 Å². The number of carbonyl (C=O) groups excluding carboxylic acids is 1. The minimum Gasteiger partial charge on any atom is -0.341 e. The van der Waals surface area contributed by atoms with Gasteiger partial charge in [-0.25, -0.2) is 4.98 Å². The van der Waals surface area contributed by atoms with Crippen LogP contribution in [0, 0.1) is 0 Å². The van der Waals surface area contributed by atoms with E-state index in [1.807, 2.05) is 51.9 Å². The van der Waals surface area contributed by atoms with Crippen molar-refractivity contribution in [2.45, 2.75) is 45.2 Å². The number of rotatable bonds is 5. The lowest BCUT2D eigenvalue weighted by Gasteiger charge is -2.21. The first-order valence-corrected chi connectivity index (χ1v) is 11.5. The summed E-state index contributed by atoms with van der Waals surface area (Å²) in [5, 5.41) is 0.915. The smallest absolute Gasteiger partial charge is 0.277 e. The molecule has 2 aromatic heterocycles. The fourth-order valence-electron chi connectivity index (χ4n) is 4.72. The van der Waals surface area contributed by atoms with Gasteiger partial charge in [-0.3, -0.25) is 14.2 Å². The second kappa shape index (κ2) is 8.99. The molecule has 1 saturated heterocycles. The van der Waals surface area contributed by atoms with Crippen molar-refractivity contribution < 1.29 is 4.79 Å². The van der Waals surface area contributed by atoms with E-state index in [2.05, 4.69) is 17.1 Å². The predicted molar refractivity (Wildman–Crippen MR) is 127 cm³/mol. The van der Waals surface area contributed by atoms with E-state index in [1.165, 1.54) is 18.4 Å². The number of para-hydroxylation sites is 1. The molecule has 6 nitrogen and oxygen atoms in total. The number of benzene rings is 2. The standard InChI is InChI=1S/C26H28N4O2/c31-23(28-15-8-1-2-9-16-28)18-30-22-13-7-6-12-21(22)24-25(30)26(32)29(19-27-24)17-14-20-10-4-3-5-11-20/h3-7,10-13,19H,1-2,8-9,14-18H2. The molecule has 1 amide bonds. The van der Waals surface area contributed by atoms with Crippen LogP contribution in [0.15, 0.2) is 65.7 Å². The summed E-state index contributed by atoms with van der Waals surface area (Å²) in [5.41, 5.74) is 3.16. The van der Waals surface area contributed by atoms with Gasteiger partial charge in [0.2, 0.25) is 5.91 Å². The van der Waals surface area contributed by atoms with Gasteiger partial charge in [-0.2, -0.15) is 0 Å². The Morgan fingerprint density at radius 2 is 1.62 bits per heavy atom. The Balaban J connectivity index is 1.54. The van der Waals surface area contributed by atoms with E-state index in [0.717, 1.165) is 43.3 Å². The number of hydrogen-bond acceptors (Lipinski definition) is 3. The largest absolute Gasteiger partial charge is 0.341 e. The molecule has 1 aliphatic rings. The lowest BCUT2D eigenvalue weighted by Crippen LogP contribution is -2.35. The molecule has 4 aromatic rings. The number of aromatic nitrogens is 3. The molecule has 3 heterocycles. The Kier molecular flexibility index (Phi) is 5.75. The fourth-order valence-corrected chi connectivity index (χ4v) is 4.72. The van der Waals surface area contributed by atoms with Crippen molar-refractivity contribution in [1.82, 2.24) is 19.0 Å². The summed E-state index contributed by atoms with van der Waals surface area (Å²) < 4.78 is 3.55. The Labute approximate surface area is 187 Å². The first kappa shape index (κ1) is 20.5. The molecule has 0 spiro atoms. The molecule has 1 aliphatic heterocycles. The Morgan fingerprint density at radius 3 is 2.41 bits per heavy atom. The summed E-state index contributed by atoms with van der Waals surface area (Å²) in [7, 11) is 0. The topological polar surface area (TPSA) is 60.1 Å². The molecule has 2 aromatic carbocycles. The number of nitrogens with zero attached hydrogens (tertiary/aromatic N) is 4. The zero-order chi connectivity index (χ0) is 21.9. The highest BCUT2D eigenvalue weighted by molar-refractivity contribution is 6.06. The number of fused-ring (bicyclic) bond motifs is 3. The maximum absolute atomic E-state index is 13.5. The van der Waals surface area contributed by atoms with Crippen molar-refractivity contribution in [1.29, 1.82) is 0 Å². The van der Waals surface area contributed by atoms with Crippen LogP contribution in [0.25, 0.3) is 21.9 Å². The molecule has 0 N–H and O–H groups in total. The zero-order valence-electron chi connectivity index (χ0n) is 18.2. The first-order chi connectivity index (χ1) is 15.7. The number of hydrogen-bond donors (Lipinski definition) is 0.